The van der Waals surface area contributed by atoms with Gasteiger partial charge in [-0.2, -0.15) is 0 Å². The predicted octanol–water partition coefficient (Wildman–Crippen LogP) is 5.03. The summed E-state index contributed by atoms with van der Waals surface area (Å²) in [5.41, 5.74) is 7.44. The Morgan fingerprint density at radius 1 is 0.884 bits per heavy atom. The molecular weight excluding hydrogens is 550 g/mol. The van der Waals surface area contributed by atoms with E-state index in [1.165, 1.54) is 0 Å². The van der Waals surface area contributed by atoms with Crippen LogP contribution in [-0.4, -0.2) is 59.8 Å². The van der Waals surface area contributed by atoms with Crippen molar-refractivity contribution in [2.45, 2.75) is 77.8 Å². The molecule has 0 aromatic heterocycles. The van der Waals surface area contributed by atoms with Gasteiger partial charge in [0.15, 0.2) is 0 Å². The number of carbonyl (C=O) groups is 4. The average molecular weight is 592 g/mol. The van der Waals surface area contributed by atoms with Crippen LogP contribution in [0, 0.1) is 5.41 Å². The van der Waals surface area contributed by atoms with E-state index in [2.05, 4.69) is 0 Å². The maximum atomic E-state index is 14.0. The largest absolute Gasteiger partial charge is 0.466 e. The van der Waals surface area contributed by atoms with E-state index in [1.54, 1.807) is 80.3 Å². The summed E-state index contributed by atoms with van der Waals surface area (Å²) in [6, 6.07) is 12.2. The molecule has 3 rings (SSSR count). The lowest BCUT2D eigenvalue weighted by Crippen LogP contribution is -2.50. The summed E-state index contributed by atoms with van der Waals surface area (Å²) < 4.78 is 15.8. The van der Waals surface area contributed by atoms with Crippen molar-refractivity contribution in [3.63, 3.8) is 0 Å². The zero-order valence-corrected chi connectivity index (χ0v) is 25.1. The first-order chi connectivity index (χ1) is 20.6. The first-order valence-corrected chi connectivity index (χ1v) is 14.7. The topological polar surface area (TPSA) is 149 Å². The van der Waals surface area contributed by atoms with E-state index < -0.39 is 23.9 Å². The zero-order valence-electron chi connectivity index (χ0n) is 25.1. The van der Waals surface area contributed by atoms with Gasteiger partial charge >= 0.3 is 17.9 Å². The Morgan fingerprint density at radius 3 is 1.93 bits per heavy atom. The van der Waals surface area contributed by atoms with Crippen molar-refractivity contribution in [1.29, 1.82) is 5.41 Å². The molecule has 0 atom stereocenters. The lowest BCUT2D eigenvalue weighted by atomic mass is 9.91. The van der Waals surface area contributed by atoms with Crippen molar-refractivity contribution in [2.75, 3.05) is 13.2 Å². The molecule has 0 unspecified atom stereocenters. The summed E-state index contributed by atoms with van der Waals surface area (Å²) in [6.45, 7) is 5.55. The van der Waals surface area contributed by atoms with Gasteiger partial charge in [-0.25, -0.2) is 4.79 Å². The standard InChI is InChI=1S/C33H41N3O7/c1-4-41-29(37)20-27(21-30(38)42-5-2)36(26-9-7-6-8-10-26)32(39)22(3)19-23-11-13-25(14-12-23)33(40)43-28-17-15-24(16-18-28)31(34)35/h11-19,26-27H,4-10,20-21H2,1-3H3,(H3,34,35). The van der Waals surface area contributed by atoms with Crippen LogP contribution in [0.5, 0.6) is 5.75 Å². The molecule has 1 aliphatic carbocycles. The minimum atomic E-state index is -0.696. The Balaban J connectivity index is 1.80. The minimum absolute atomic E-state index is 0.0781. The number of nitrogen functional groups attached to an aromatic ring is 1. The van der Waals surface area contributed by atoms with Crippen molar-refractivity contribution >= 4 is 35.7 Å². The molecular formula is C33H41N3O7. The molecule has 1 aliphatic rings. The molecule has 3 N–H and O–H groups in total. The van der Waals surface area contributed by atoms with Crippen LogP contribution >= 0.6 is 0 Å². The Hall–Kier alpha value is -4.47. The molecule has 10 nitrogen and oxygen atoms in total. The van der Waals surface area contributed by atoms with E-state index in [4.69, 9.17) is 25.4 Å². The Kier molecular flexibility index (Phi) is 12.5. The summed E-state index contributed by atoms with van der Waals surface area (Å²) in [6.07, 6.45) is 6.09. The van der Waals surface area contributed by atoms with Crippen molar-refractivity contribution in [3.05, 3.63) is 70.8 Å². The van der Waals surface area contributed by atoms with Gasteiger partial charge in [0, 0.05) is 17.2 Å². The van der Waals surface area contributed by atoms with Gasteiger partial charge in [-0.1, -0.05) is 31.4 Å². The maximum Gasteiger partial charge on any atom is 0.343 e. The van der Waals surface area contributed by atoms with E-state index in [0.717, 1.165) is 32.1 Å². The number of carbonyl (C=O) groups excluding carboxylic acids is 4. The van der Waals surface area contributed by atoms with E-state index in [1.807, 2.05) is 0 Å². The van der Waals surface area contributed by atoms with Crippen LogP contribution in [0.25, 0.3) is 6.08 Å². The van der Waals surface area contributed by atoms with Gasteiger partial charge < -0.3 is 24.8 Å². The SMILES string of the molecule is CCOC(=O)CC(CC(=O)OCC)N(C(=O)C(C)=Cc1ccc(C(=O)Oc2ccc(C(=N)N)cc2)cc1)C1CCCCC1. The number of hydrogen-bond acceptors (Lipinski definition) is 8. The molecule has 2 aromatic carbocycles. The van der Waals surface area contributed by atoms with Gasteiger partial charge in [0.05, 0.1) is 37.7 Å². The highest BCUT2D eigenvalue weighted by Gasteiger charge is 2.35. The first kappa shape index (κ1) is 33.0. The lowest BCUT2D eigenvalue weighted by molar-refractivity contribution is -0.150. The zero-order chi connectivity index (χ0) is 31.4. The van der Waals surface area contributed by atoms with Crippen LogP contribution in [0.4, 0.5) is 0 Å². The van der Waals surface area contributed by atoms with E-state index >= 15 is 0 Å². The molecule has 0 heterocycles. The number of rotatable bonds is 13. The van der Waals surface area contributed by atoms with Crippen molar-refractivity contribution in [1.82, 2.24) is 4.90 Å². The summed E-state index contributed by atoms with van der Waals surface area (Å²) in [5.74, 6) is -1.51. The lowest BCUT2D eigenvalue weighted by Gasteiger charge is -2.40. The number of amides is 1. The molecule has 10 heteroatoms. The number of nitrogens with zero attached hydrogens (tertiary/aromatic N) is 1. The Labute approximate surface area is 252 Å². The van der Waals surface area contributed by atoms with Gasteiger partial charge in [0.25, 0.3) is 0 Å². The molecule has 0 radical (unpaired) electrons. The van der Waals surface area contributed by atoms with Crippen LogP contribution in [0.3, 0.4) is 0 Å². The highest BCUT2D eigenvalue weighted by molar-refractivity contribution is 5.98. The molecule has 43 heavy (non-hydrogen) atoms. The summed E-state index contributed by atoms with van der Waals surface area (Å²) in [7, 11) is 0. The third-order valence-electron chi connectivity index (χ3n) is 7.25. The normalized spacial score (nSPS) is 13.7. The fourth-order valence-electron chi connectivity index (χ4n) is 5.18. The fourth-order valence-corrected chi connectivity index (χ4v) is 5.18. The van der Waals surface area contributed by atoms with E-state index in [-0.39, 0.29) is 43.8 Å². The third-order valence-corrected chi connectivity index (χ3v) is 7.25. The van der Waals surface area contributed by atoms with Crippen LogP contribution in [-0.2, 0) is 23.9 Å². The Bertz CT molecular complexity index is 1290. The van der Waals surface area contributed by atoms with Crippen LogP contribution in [0.1, 0.15) is 87.2 Å². The second-order valence-electron chi connectivity index (χ2n) is 10.5. The van der Waals surface area contributed by atoms with Crippen LogP contribution < -0.4 is 10.5 Å². The molecule has 0 aliphatic heterocycles. The highest BCUT2D eigenvalue weighted by atomic mass is 16.5. The highest BCUT2D eigenvalue weighted by Crippen LogP contribution is 2.29. The van der Waals surface area contributed by atoms with Crippen LogP contribution in [0.15, 0.2) is 54.1 Å². The van der Waals surface area contributed by atoms with Gasteiger partial charge in [0.1, 0.15) is 11.6 Å². The number of ether oxygens (including phenoxy) is 3. The van der Waals surface area contributed by atoms with Gasteiger partial charge in [-0.15, -0.1) is 0 Å². The van der Waals surface area contributed by atoms with Crippen molar-refractivity contribution < 1.29 is 33.4 Å². The molecule has 0 saturated heterocycles. The van der Waals surface area contributed by atoms with Gasteiger partial charge in [-0.3, -0.25) is 19.8 Å². The quantitative estimate of drug-likeness (QED) is 0.108. The van der Waals surface area contributed by atoms with Gasteiger partial charge in [-0.05, 0) is 81.7 Å². The number of esters is 3. The van der Waals surface area contributed by atoms with E-state index in [9.17, 15) is 19.2 Å². The van der Waals surface area contributed by atoms with E-state index in [0.29, 0.717) is 28.0 Å². The average Bonchev–Trinajstić information content (AvgIpc) is 2.98. The fraction of sp³-hybridized carbons (Fsp3) is 0.424. The minimum Gasteiger partial charge on any atom is -0.466 e. The molecule has 2 aromatic rings. The third kappa shape index (κ3) is 9.80. The smallest absolute Gasteiger partial charge is 0.343 e. The molecule has 1 fully saturated rings. The van der Waals surface area contributed by atoms with Crippen molar-refractivity contribution in [3.8, 4) is 5.75 Å². The van der Waals surface area contributed by atoms with Crippen LogP contribution in [0.2, 0.25) is 0 Å². The number of amidine groups is 1. The monoisotopic (exact) mass is 591 g/mol. The maximum absolute atomic E-state index is 14.0. The van der Waals surface area contributed by atoms with Crippen molar-refractivity contribution in [2.24, 2.45) is 5.73 Å². The molecule has 0 spiro atoms. The summed E-state index contributed by atoms with van der Waals surface area (Å²) >= 11 is 0. The summed E-state index contributed by atoms with van der Waals surface area (Å²) in [5, 5.41) is 7.46. The Morgan fingerprint density at radius 2 is 1.42 bits per heavy atom. The molecule has 1 amide bonds. The molecule has 0 bridgehead atoms. The summed E-state index contributed by atoms with van der Waals surface area (Å²) in [4.78, 5) is 53.4. The number of nitrogens with one attached hydrogen (secondary N) is 1. The second-order valence-corrected chi connectivity index (χ2v) is 10.5. The first-order valence-electron chi connectivity index (χ1n) is 14.7. The molecule has 230 valence electrons. The number of hydrogen-bond donors (Lipinski definition) is 2. The number of benzene rings is 2. The predicted molar refractivity (Wildman–Crippen MR) is 163 cm³/mol. The molecule has 1 saturated carbocycles. The number of nitrogens with two attached hydrogens (primary N) is 1. The second kappa shape index (κ2) is 16.2. The van der Waals surface area contributed by atoms with Gasteiger partial charge in [0.2, 0.25) is 5.91 Å².